The molecule has 1 heterocycles. The summed E-state index contributed by atoms with van der Waals surface area (Å²) in [5, 5.41) is 0. The van der Waals surface area contributed by atoms with Crippen molar-refractivity contribution in [1.82, 2.24) is 0 Å². The molecule has 3 heteroatoms. The molecular weight excluding hydrogens is 267 g/mol. The van der Waals surface area contributed by atoms with Crippen LogP contribution < -0.4 is 0 Å². The Bertz CT molecular complexity index is 225. The molecule has 0 spiro atoms. The minimum absolute atomic E-state index is 0.0236. The Kier molecular flexibility index (Phi) is 2.39. The lowest BCUT2D eigenvalue weighted by atomic mass is 9.86. The van der Waals surface area contributed by atoms with Crippen LogP contribution in [0.15, 0.2) is 12.2 Å². The second-order valence-corrected chi connectivity index (χ2v) is 4.26. The summed E-state index contributed by atoms with van der Waals surface area (Å²) in [7, 11) is 0. The summed E-state index contributed by atoms with van der Waals surface area (Å²) in [5.41, 5.74) is 0. The van der Waals surface area contributed by atoms with Crippen LogP contribution in [0.1, 0.15) is 12.8 Å². The van der Waals surface area contributed by atoms with Crippen LogP contribution in [0.2, 0.25) is 0 Å². The lowest BCUT2D eigenvalue weighted by Gasteiger charge is -2.31. The number of alkyl halides is 1. The molecule has 0 aromatic heterocycles. The molecule has 0 bridgehead atoms. The van der Waals surface area contributed by atoms with E-state index >= 15 is 0 Å². The minimum Gasteiger partial charge on any atom is -0.461 e. The number of esters is 1. The van der Waals surface area contributed by atoms with E-state index in [9.17, 15) is 4.79 Å². The molecule has 0 radical (unpaired) electrons. The van der Waals surface area contributed by atoms with Crippen molar-refractivity contribution in [1.29, 1.82) is 0 Å². The van der Waals surface area contributed by atoms with Gasteiger partial charge in [0.05, 0.1) is 6.42 Å². The Balaban J connectivity index is 2.12. The summed E-state index contributed by atoms with van der Waals surface area (Å²) < 4.78 is 6.19. The van der Waals surface area contributed by atoms with E-state index in [1.807, 2.05) is 0 Å². The molecule has 1 fully saturated rings. The van der Waals surface area contributed by atoms with Crippen LogP contribution in [0.5, 0.6) is 0 Å². The molecule has 0 aromatic rings. The Morgan fingerprint density at radius 1 is 1.67 bits per heavy atom. The van der Waals surface area contributed by atoms with Crippen LogP contribution in [0, 0.1) is 11.8 Å². The Hall–Kier alpha value is -0.0600. The van der Waals surface area contributed by atoms with Crippen molar-refractivity contribution < 1.29 is 9.53 Å². The Morgan fingerprint density at radius 3 is 3.25 bits per heavy atom. The molecular formula is C9H11IO2. The maximum absolute atomic E-state index is 11.1. The van der Waals surface area contributed by atoms with E-state index < -0.39 is 0 Å². The maximum atomic E-state index is 11.1. The maximum Gasteiger partial charge on any atom is 0.306 e. The second kappa shape index (κ2) is 3.36. The predicted molar refractivity (Wildman–Crippen MR) is 54.1 cm³/mol. The molecule has 0 N–H and O–H groups in total. The SMILES string of the molecule is O=C1C[C@H]2C=CC[C@H]2[C@H](CI)O1. The number of cyclic esters (lactones) is 1. The van der Waals surface area contributed by atoms with Gasteiger partial charge < -0.3 is 4.74 Å². The van der Waals surface area contributed by atoms with Crippen molar-refractivity contribution in [3.63, 3.8) is 0 Å². The molecule has 2 rings (SSSR count). The van der Waals surface area contributed by atoms with Crippen molar-refractivity contribution in [3.05, 3.63) is 12.2 Å². The summed E-state index contributed by atoms with van der Waals surface area (Å²) in [6.07, 6.45) is 6.19. The number of fused-ring (bicyclic) bond motifs is 1. The van der Waals surface area contributed by atoms with Crippen molar-refractivity contribution >= 4 is 28.6 Å². The highest BCUT2D eigenvalue weighted by molar-refractivity contribution is 14.1. The van der Waals surface area contributed by atoms with Crippen LogP contribution in [0.4, 0.5) is 0 Å². The largest absolute Gasteiger partial charge is 0.461 e. The van der Waals surface area contributed by atoms with Gasteiger partial charge in [0.2, 0.25) is 0 Å². The van der Waals surface area contributed by atoms with Crippen molar-refractivity contribution in [2.75, 3.05) is 4.43 Å². The van der Waals surface area contributed by atoms with Gasteiger partial charge in [0, 0.05) is 10.3 Å². The number of carbonyl (C=O) groups is 1. The highest BCUT2D eigenvalue weighted by Gasteiger charge is 2.38. The minimum atomic E-state index is -0.0236. The van der Waals surface area contributed by atoms with E-state index in [4.69, 9.17) is 4.74 Å². The number of hydrogen-bond donors (Lipinski definition) is 0. The third kappa shape index (κ3) is 1.39. The number of hydrogen-bond acceptors (Lipinski definition) is 2. The molecule has 1 aliphatic carbocycles. The lowest BCUT2D eigenvalue weighted by Crippen LogP contribution is -2.37. The van der Waals surface area contributed by atoms with E-state index in [1.54, 1.807) is 0 Å². The molecule has 2 nitrogen and oxygen atoms in total. The van der Waals surface area contributed by atoms with Crippen molar-refractivity contribution in [3.8, 4) is 0 Å². The first-order chi connectivity index (χ1) is 5.81. The van der Waals surface area contributed by atoms with Gasteiger partial charge in [0.15, 0.2) is 0 Å². The monoisotopic (exact) mass is 278 g/mol. The lowest BCUT2D eigenvalue weighted by molar-refractivity contribution is -0.158. The van der Waals surface area contributed by atoms with Gasteiger partial charge in [-0.05, 0) is 12.3 Å². The molecule has 0 unspecified atom stereocenters. The van der Waals surface area contributed by atoms with Gasteiger partial charge in [0.1, 0.15) is 6.10 Å². The normalized spacial score (nSPS) is 39.4. The third-order valence-electron chi connectivity index (χ3n) is 2.66. The number of carbonyl (C=O) groups excluding carboxylic acids is 1. The van der Waals surface area contributed by atoms with Gasteiger partial charge in [-0.3, -0.25) is 4.79 Å². The Morgan fingerprint density at radius 2 is 2.50 bits per heavy atom. The van der Waals surface area contributed by atoms with Crippen molar-refractivity contribution in [2.24, 2.45) is 11.8 Å². The van der Waals surface area contributed by atoms with Gasteiger partial charge in [-0.1, -0.05) is 34.7 Å². The fourth-order valence-corrected chi connectivity index (χ4v) is 2.85. The molecule has 1 aliphatic heterocycles. The standard InChI is InChI=1S/C9H11IO2/c10-5-8-7-3-1-2-6(7)4-9(11)12-8/h1-2,6-8H,3-5H2/t6-,7-,8+/m1/s1. The van der Waals surface area contributed by atoms with Crippen molar-refractivity contribution in [2.45, 2.75) is 18.9 Å². The van der Waals surface area contributed by atoms with E-state index in [1.165, 1.54) is 0 Å². The molecule has 0 amide bonds. The van der Waals surface area contributed by atoms with Crippen LogP contribution >= 0.6 is 22.6 Å². The van der Waals surface area contributed by atoms with Gasteiger partial charge >= 0.3 is 5.97 Å². The zero-order valence-electron chi connectivity index (χ0n) is 6.70. The average molecular weight is 278 g/mol. The second-order valence-electron chi connectivity index (χ2n) is 3.38. The van der Waals surface area contributed by atoms with Crippen LogP contribution in [-0.4, -0.2) is 16.5 Å². The van der Waals surface area contributed by atoms with Gasteiger partial charge in [-0.2, -0.15) is 0 Å². The molecule has 3 atom stereocenters. The predicted octanol–water partition coefficient (Wildman–Crippen LogP) is 1.93. The first-order valence-electron chi connectivity index (χ1n) is 4.23. The summed E-state index contributed by atoms with van der Waals surface area (Å²) in [6.45, 7) is 0. The topological polar surface area (TPSA) is 26.3 Å². The zero-order chi connectivity index (χ0) is 8.55. The van der Waals surface area contributed by atoms with E-state index in [-0.39, 0.29) is 12.1 Å². The van der Waals surface area contributed by atoms with Gasteiger partial charge in [-0.25, -0.2) is 0 Å². The molecule has 1 saturated heterocycles. The molecule has 0 saturated carbocycles. The van der Waals surface area contributed by atoms with Crippen LogP contribution in [0.3, 0.4) is 0 Å². The first-order valence-corrected chi connectivity index (χ1v) is 5.76. The van der Waals surface area contributed by atoms with Gasteiger partial charge in [0.25, 0.3) is 0 Å². The molecule has 0 aromatic carbocycles. The van der Waals surface area contributed by atoms with Crippen LogP contribution in [0.25, 0.3) is 0 Å². The Labute approximate surface area is 85.5 Å². The molecule has 2 aliphatic rings. The van der Waals surface area contributed by atoms with E-state index in [0.717, 1.165) is 10.8 Å². The van der Waals surface area contributed by atoms with Crippen LogP contribution in [-0.2, 0) is 9.53 Å². The van der Waals surface area contributed by atoms with Gasteiger partial charge in [-0.15, -0.1) is 0 Å². The van der Waals surface area contributed by atoms with E-state index in [0.29, 0.717) is 18.3 Å². The zero-order valence-corrected chi connectivity index (χ0v) is 8.86. The summed E-state index contributed by atoms with van der Waals surface area (Å²) in [6, 6.07) is 0. The molecule has 66 valence electrons. The first kappa shape index (κ1) is 8.53. The highest BCUT2D eigenvalue weighted by Crippen LogP contribution is 2.36. The number of allylic oxidation sites excluding steroid dienone is 2. The molecule has 12 heavy (non-hydrogen) atoms. The number of rotatable bonds is 1. The third-order valence-corrected chi connectivity index (χ3v) is 3.52. The number of ether oxygens (including phenoxy) is 1. The smallest absolute Gasteiger partial charge is 0.306 e. The highest BCUT2D eigenvalue weighted by atomic mass is 127. The number of halogens is 1. The average Bonchev–Trinajstić information content (AvgIpc) is 2.50. The fourth-order valence-electron chi connectivity index (χ4n) is 2.02. The van der Waals surface area contributed by atoms with E-state index in [2.05, 4.69) is 34.7 Å². The summed E-state index contributed by atoms with van der Waals surface area (Å²) in [5.74, 6) is 1.01. The summed E-state index contributed by atoms with van der Waals surface area (Å²) >= 11 is 2.29. The quantitative estimate of drug-likeness (QED) is 0.317. The summed E-state index contributed by atoms with van der Waals surface area (Å²) in [4.78, 5) is 11.1. The fraction of sp³-hybridized carbons (Fsp3) is 0.667.